The Bertz CT molecular complexity index is 479. The number of nitrogens with two attached hydrogens (primary N) is 1. The van der Waals surface area contributed by atoms with E-state index in [9.17, 15) is 14.0 Å². The van der Waals surface area contributed by atoms with E-state index in [1.54, 1.807) is 12.1 Å². The van der Waals surface area contributed by atoms with Gasteiger partial charge in [0.2, 0.25) is 5.91 Å². The lowest BCUT2D eigenvalue weighted by molar-refractivity contribution is -0.123. The average molecular weight is 310 g/mol. The molecule has 1 aromatic rings. The van der Waals surface area contributed by atoms with Gasteiger partial charge >= 0.3 is 6.03 Å². The number of nitrogens with one attached hydrogen (secondary N) is 3. The van der Waals surface area contributed by atoms with Gasteiger partial charge in [-0.3, -0.25) is 4.79 Å². The predicted molar refractivity (Wildman–Crippen MR) is 82.5 cm³/mol. The third-order valence-corrected chi connectivity index (χ3v) is 3.01. The first kappa shape index (κ1) is 17.9. The van der Waals surface area contributed by atoms with E-state index in [1.807, 2.05) is 6.92 Å². The molecule has 3 amide bonds. The van der Waals surface area contributed by atoms with Crippen molar-refractivity contribution in [3.63, 3.8) is 0 Å². The van der Waals surface area contributed by atoms with Gasteiger partial charge in [-0.15, -0.1) is 0 Å². The highest BCUT2D eigenvalue weighted by Gasteiger charge is 2.19. The predicted octanol–water partition coefficient (Wildman–Crippen LogP) is 0.869. The Hall–Kier alpha value is -2.15. The standard InChI is InChI=1S/C15H23FN4O2/c1-2-3-13(14(21)18-9-8-17)20-15(22)19-10-11-4-6-12(16)7-5-11/h4-7,13H,2-3,8-10,17H2,1H3,(H,18,21)(H2,19,20,22). The number of carbonyl (C=O) groups excluding carboxylic acids is 2. The Kier molecular flexibility index (Phi) is 7.91. The maximum atomic E-state index is 12.8. The third-order valence-electron chi connectivity index (χ3n) is 3.01. The zero-order valence-corrected chi connectivity index (χ0v) is 12.7. The third kappa shape index (κ3) is 6.53. The van der Waals surface area contributed by atoms with Crippen molar-refractivity contribution >= 4 is 11.9 Å². The second-order valence-corrected chi connectivity index (χ2v) is 4.87. The van der Waals surface area contributed by atoms with Gasteiger partial charge in [-0.25, -0.2) is 9.18 Å². The first-order valence-electron chi connectivity index (χ1n) is 7.33. The lowest BCUT2D eigenvalue weighted by atomic mass is 10.1. The maximum Gasteiger partial charge on any atom is 0.315 e. The quantitative estimate of drug-likeness (QED) is 0.573. The monoisotopic (exact) mass is 310 g/mol. The smallest absolute Gasteiger partial charge is 0.315 e. The molecule has 0 fully saturated rings. The summed E-state index contributed by atoms with van der Waals surface area (Å²) in [5.41, 5.74) is 6.11. The molecule has 0 heterocycles. The van der Waals surface area contributed by atoms with Crippen LogP contribution in [0.15, 0.2) is 24.3 Å². The fourth-order valence-electron chi connectivity index (χ4n) is 1.87. The van der Waals surface area contributed by atoms with E-state index in [4.69, 9.17) is 5.73 Å². The minimum atomic E-state index is -0.593. The number of carbonyl (C=O) groups is 2. The van der Waals surface area contributed by atoms with Crippen LogP contribution in [0, 0.1) is 5.82 Å². The molecule has 0 aliphatic heterocycles. The van der Waals surface area contributed by atoms with Gasteiger partial charge in [-0.05, 0) is 24.1 Å². The largest absolute Gasteiger partial charge is 0.353 e. The number of urea groups is 1. The normalized spacial score (nSPS) is 11.6. The van der Waals surface area contributed by atoms with Gasteiger partial charge in [-0.1, -0.05) is 25.5 Å². The van der Waals surface area contributed by atoms with Crippen LogP contribution in [0.4, 0.5) is 9.18 Å². The molecule has 0 aliphatic rings. The van der Waals surface area contributed by atoms with Crippen molar-refractivity contribution in [2.24, 2.45) is 5.73 Å². The molecule has 1 atom stereocenters. The lowest BCUT2D eigenvalue weighted by Crippen LogP contribution is -2.50. The summed E-state index contributed by atoms with van der Waals surface area (Å²) in [5, 5.41) is 7.93. The number of rotatable bonds is 8. The number of amides is 3. The molecular weight excluding hydrogens is 287 g/mol. The van der Waals surface area contributed by atoms with Gasteiger partial charge in [0.15, 0.2) is 0 Å². The zero-order chi connectivity index (χ0) is 16.4. The van der Waals surface area contributed by atoms with Gasteiger partial charge in [0.1, 0.15) is 11.9 Å². The zero-order valence-electron chi connectivity index (χ0n) is 12.7. The van der Waals surface area contributed by atoms with E-state index in [0.717, 1.165) is 12.0 Å². The van der Waals surface area contributed by atoms with Crippen LogP contribution >= 0.6 is 0 Å². The van der Waals surface area contributed by atoms with Crippen molar-refractivity contribution in [1.29, 1.82) is 0 Å². The van der Waals surface area contributed by atoms with Crippen LogP contribution < -0.4 is 21.7 Å². The molecule has 0 bridgehead atoms. The molecule has 5 N–H and O–H groups in total. The van der Waals surface area contributed by atoms with Crippen LogP contribution in [-0.4, -0.2) is 31.1 Å². The summed E-state index contributed by atoms with van der Waals surface area (Å²) in [6.45, 7) is 2.91. The first-order chi connectivity index (χ1) is 10.6. The van der Waals surface area contributed by atoms with E-state index in [-0.39, 0.29) is 18.3 Å². The summed E-state index contributed by atoms with van der Waals surface area (Å²) < 4.78 is 12.8. The van der Waals surface area contributed by atoms with E-state index < -0.39 is 12.1 Å². The van der Waals surface area contributed by atoms with Gasteiger partial charge in [0, 0.05) is 19.6 Å². The fraction of sp³-hybridized carbons (Fsp3) is 0.467. The van der Waals surface area contributed by atoms with E-state index in [1.165, 1.54) is 12.1 Å². The van der Waals surface area contributed by atoms with Gasteiger partial charge in [0.05, 0.1) is 0 Å². The summed E-state index contributed by atoms with van der Waals surface area (Å²) in [7, 11) is 0. The van der Waals surface area contributed by atoms with Crippen molar-refractivity contribution in [3.05, 3.63) is 35.6 Å². The Morgan fingerprint density at radius 1 is 1.23 bits per heavy atom. The summed E-state index contributed by atoms with van der Waals surface area (Å²) >= 11 is 0. The van der Waals surface area contributed by atoms with Crippen LogP contribution in [-0.2, 0) is 11.3 Å². The second-order valence-electron chi connectivity index (χ2n) is 4.87. The molecule has 0 saturated carbocycles. The highest BCUT2D eigenvalue weighted by molar-refractivity contribution is 5.86. The molecule has 1 aromatic carbocycles. The Labute approximate surface area is 129 Å². The van der Waals surface area contributed by atoms with Gasteiger partial charge in [0.25, 0.3) is 0 Å². The van der Waals surface area contributed by atoms with E-state index in [0.29, 0.717) is 19.5 Å². The highest BCUT2D eigenvalue weighted by atomic mass is 19.1. The minimum Gasteiger partial charge on any atom is -0.353 e. The van der Waals surface area contributed by atoms with Crippen LogP contribution in [0.2, 0.25) is 0 Å². The molecular formula is C15H23FN4O2. The molecule has 22 heavy (non-hydrogen) atoms. The Morgan fingerprint density at radius 3 is 2.50 bits per heavy atom. The van der Waals surface area contributed by atoms with Crippen molar-refractivity contribution in [3.8, 4) is 0 Å². The summed E-state index contributed by atoms with van der Waals surface area (Å²) in [6.07, 6.45) is 1.30. The fourth-order valence-corrected chi connectivity index (χ4v) is 1.87. The summed E-state index contributed by atoms with van der Waals surface area (Å²) in [6, 6.07) is 4.81. The van der Waals surface area contributed by atoms with Crippen molar-refractivity contribution in [2.45, 2.75) is 32.4 Å². The topological polar surface area (TPSA) is 96.2 Å². The van der Waals surface area contributed by atoms with Crippen LogP contribution in [0.5, 0.6) is 0 Å². The molecule has 0 radical (unpaired) electrons. The van der Waals surface area contributed by atoms with Crippen LogP contribution in [0.25, 0.3) is 0 Å². The van der Waals surface area contributed by atoms with Crippen molar-refractivity contribution < 1.29 is 14.0 Å². The number of hydrogen-bond acceptors (Lipinski definition) is 3. The molecule has 0 aromatic heterocycles. The molecule has 0 saturated heterocycles. The number of halogens is 1. The van der Waals surface area contributed by atoms with Crippen LogP contribution in [0.3, 0.4) is 0 Å². The SMILES string of the molecule is CCCC(NC(=O)NCc1ccc(F)cc1)C(=O)NCCN. The van der Waals surface area contributed by atoms with Crippen LogP contribution in [0.1, 0.15) is 25.3 Å². The maximum absolute atomic E-state index is 12.8. The molecule has 7 heteroatoms. The first-order valence-corrected chi connectivity index (χ1v) is 7.33. The summed E-state index contributed by atoms with van der Waals surface area (Å²) in [4.78, 5) is 23.7. The van der Waals surface area contributed by atoms with Gasteiger partial charge < -0.3 is 21.7 Å². The highest BCUT2D eigenvalue weighted by Crippen LogP contribution is 2.02. The van der Waals surface area contributed by atoms with Crippen molar-refractivity contribution in [1.82, 2.24) is 16.0 Å². The number of benzene rings is 1. The van der Waals surface area contributed by atoms with E-state index >= 15 is 0 Å². The van der Waals surface area contributed by atoms with Gasteiger partial charge in [-0.2, -0.15) is 0 Å². The molecule has 1 rings (SSSR count). The lowest BCUT2D eigenvalue weighted by Gasteiger charge is -2.18. The summed E-state index contributed by atoms with van der Waals surface area (Å²) in [5.74, 6) is -0.572. The molecule has 1 unspecified atom stereocenters. The molecule has 6 nitrogen and oxygen atoms in total. The Morgan fingerprint density at radius 2 is 1.91 bits per heavy atom. The number of hydrogen-bond donors (Lipinski definition) is 4. The second kappa shape index (κ2) is 9.73. The minimum absolute atomic E-state index is 0.246. The molecule has 0 aliphatic carbocycles. The Balaban J connectivity index is 2.45. The van der Waals surface area contributed by atoms with E-state index in [2.05, 4.69) is 16.0 Å². The van der Waals surface area contributed by atoms with Crippen molar-refractivity contribution in [2.75, 3.05) is 13.1 Å². The molecule has 122 valence electrons. The average Bonchev–Trinajstić information content (AvgIpc) is 2.51. The molecule has 0 spiro atoms.